The lowest BCUT2D eigenvalue weighted by Gasteiger charge is -2.36. The monoisotopic (exact) mass is 357 g/mol. The Morgan fingerprint density at radius 2 is 2.00 bits per heavy atom. The molecule has 1 aliphatic rings. The van der Waals surface area contributed by atoms with Crippen molar-refractivity contribution in [3.8, 4) is 5.75 Å². The molecule has 140 valence electrons. The van der Waals surface area contributed by atoms with Gasteiger partial charge in [0.25, 0.3) is 0 Å². The summed E-state index contributed by atoms with van der Waals surface area (Å²) in [5.74, 6) is 0.993. The summed E-state index contributed by atoms with van der Waals surface area (Å²) in [4.78, 5) is 16.6. The first-order chi connectivity index (χ1) is 12.8. The number of carbonyl (C=O) groups excluding carboxylic acids is 1. The number of carbonyl (C=O) groups is 1. The highest BCUT2D eigenvalue weighted by atomic mass is 16.5. The van der Waals surface area contributed by atoms with E-state index in [4.69, 9.17) is 4.74 Å². The maximum absolute atomic E-state index is 12.1. The summed E-state index contributed by atoms with van der Waals surface area (Å²) in [5.41, 5.74) is 1.12. The van der Waals surface area contributed by atoms with Gasteiger partial charge in [-0.2, -0.15) is 5.10 Å². The summed E-state index contributed by atoms with van der Waals surface area (Å²) < 4.78 is 7.32. The van der Waals surface area contributed by atoms with Gasteiger partial charge in [0.1, 0.15) is 5.75 Å². The molecule has 0 radical (unpaired) electrons. The van der Waals surface area contributed by atoms with Gasteiger partial charge in [0.15, 0.2) is 0 Å². The first-order valence-corrected chi connectivity index (χ1v) is 9.10. The Kier molecular flexibility index (Phi) is 6.49. The van der Waals surface area contributed by atoms with Crippen molar-refractivity contribution in [2.75, 3.05) is 51.3 Å². The molecule has 0 unspecified atom stereocenters. The molecule has 0 aliphatic carbocycles. The minimum atomic E-state index is 0.0937. The van der Waals surface area contributed by atoms with E-state index >= 15 is 0 Å². The fourth-order valence-corrected chi connectivity index (χ4v) is 3.20. The Labute approximate surface area is 154 Å². The van der Waals surface area contributed by atoms with Crippen LogP contribution in [0.5, 0.6) is 5.75 Å². The number of benzene rings is 1. The molecule has 7 nitrogen and oxygen atoms in total. The second-order valence-electron chi connectivity index (χ2n) is 6.41. The standard InChI is InChI=1S/C19H27N5O2/c1-26-18-7-3-2-6-17(18)23-14-12-22(13-15-23)16-19(25)20-8-4-10-24-11-5-9-21-24/h2-3,5-7,9,11H,4,8,10,12-16H2,1H3,(H,20,25). The molecular weight excluding hydrogens is 330 g/mol. The average molecular weight is 357 g/mol. The zero-order chi connectivity index (χ0) is 18.2. The zero-order valence-electron chi connectivity index (χ0n) is 15.3. The van der Waals surface area contributed by atoms with Crippen LogP contribution in [0.4, 0.5) is 5.69 Å². The fraction of sp³-hybridized carbons (Fsp3) is 0.474. The molecule has 0 atom stereocenters. The summed E-state index contributed by atoms with van der Waals surface area (Å²) in [6.45, 7) is 5.50. The van der Waals surface area contributed by atoms with Gasteiger partial charge < -0.3 is 15.0 Å². The third-order valence-corrected chi connectivity index (χ3v) is 4.61. The number of nitrogens with zero attached hydrogens (tertiary/aromatic N) is 4. The molecule has 7 heteroatoms. The van der Waals surface area contributed by atoms with Crippen LogP contribution in [-0.2, 0) is 11.3 Å². The lowest BCUT2D eigenvalue weighted by atomic mass is 10.2. The molecule has 1 aromatic heterocycles. The second kappa shape index (κ2) is 9.24. The van der Waals surface area contributed by atoms with Gasteiger partial charge in [0.2, 0.25) is 5.91 Å². The van der Waals surface area contributed by atoms with E-state index in [1.165, 1.54) is 0 Å². The van der Waals surface area contributed by atoms with Crippen molar-refractivity contribution in [2.45, 2.75) is 13.0 Å². The molecular formula is C19H27N5O2. The van der Waals surface area contributed by atoms with Crippen molar-refractivity contribution in [1.29, 1.82) is 0 Å². The predicted octanol–water partition coefficient (Wildman–Crippen LogP) is 1.22. The number of amides is 1. The summed E-state index contributed by atoms with van der Waals surface area (Å²) in [7, 11) is 1.70. The van der Waals surface area contributed by atoms with E-state index in [1.807, 2.05) is 35.1 Å². The summed E-state index contributed by atoms with van der Waals surface area (Å²) in [6.07, 6.45) is 4.58. The van der Waals surface area contributed by atoms with Crippen LogP contribution in [-0.4, -0.2) is 67.0 Å². The zero-order valence-corrected chi connectivity index (χ0v) is 15.3. The SMILES string of the molecule is COc1ccccc1N1CCN(CC(=O)NCCCn2cccn2)CC1. The highest BCUT2D eigenvalue weighted by molar-refractivity contribution is 5.78. The number of para-hydroxylation sites is 2. The Morgan fingerprint density at radius 3 is 2.73 bits per heavy atom. The van der Waals surface area contributed by atoms with Crippen molar-refractivity contribution < 1.29 is 9.53 Å². The van der Waals surface area contributed by atoms with Crippen LogP contribution in [0.1, 0.15) is 6.42 Å². The largest absolute Gasteiger partial charge is 0.495 e. The van der Waals surface area contributed by atoms with Crippen LogP contribution in [0.15, 0.2) is 42.7 Å². The normalized spacial score (nSPS) is 15.0. The van der Waals surface area contributed by atoms with Crippen molar-refractivity contribution in [3.05, 3.63) is 42.7 Å². The van der Waals surface area contributed by atoms with Gasteiger partial charge in [-0.25, -0.2) is 0 Å². The van der Waals surface area contributed by atoms with Crippen LogP contribution in [0, 0.1) is 0 Å². The maximum atomic E-state index is 12.1. The second-order valence-corrected chi connectivity index (χ2v) is 6.41. The van der Waals surface area contributed by atoms with Gasteiger partial charge in [-0.3, -0.25) is 14.4 Å². The highest BCUT2D eigenvalue weighted by Gasteiger charge is 2.20. The fourth-order valence-electron chi connectivity index (χ4n) is 3.20. The van der Waals surface area contributed by atoms with E-state index in [-0.39, 0.29) is 5.91 Å². The molecule has 1 aromatic carbocycles. The van der Waals surface area contributed by atoms with E-state index in [0.29, 0.717) is 13.1 Å². The predicted molar refractivity (Wildman–Crippen MR) is 102 cm³/mol. The third-order valence-electron chi connectivity index (χ3n) is 4.61. The molecule has 26 heavy (non-hydrogen) atoms. The van der Waals surface area contributed by atoms with Crippen LogP contribution >= 0.6 is 0 Å². The molecule has 0 saturated carbocycles. The number of nitrogens with one attached hydrogen (secondary N) is 1. The van der Waals surface area contributed by atoms with Gasteiger partial charge >= 0.3 is 0 Å². The van der Waals surface area contributed by atoms with E-state index in [1.54, 1.807) is 13.3 Å². The quantitative estimate of drug-likeness (QED) is 0.720. The number of piperazine rings is 1. The number of hydrogen-bond acceptors (Lipinski definition) is 5. The summed E-state index contributed by atoms with van der Waals surface area (Å²) in [5, 5.41) is 7.15. The molecule has 3 rings (SSSR count). The first-order valence-electron chi connectivity index (χ1n) is 9.10. The number of aryl methyl sites for hydroxylation is 1. The Bertz CT molecular complexity index is 681. The van der Waals surface area contributed by atoms with Crippen molar-refractivity contribution in [3.63, 3.8) is 0 Å². The maximum Gasteiger partial charge on any atom is 0.234 e. The number of anilines is 1. The van der Waals surface area contributed by atoms with Crippen LogP contribution in [0.25, 0.3) is 0 Å². The number of methoxy groups -OCH3 is 1. The molecule has 2 aromatic rings. The minimum absolute atomic E-state index is 0.0937. The topological polar surface area (TPSA) is 62.6 Å². The minimum Gasteiger partial charge on any atom is -0.495 e. The smallest absolute Gasteiger partial charge is 0.234 e. The van der Waals surface area contributed by atoms with Crippen molar-refractivity contribution >= 4 is 11.6 Å². The van der Waals surface area contributed by atoms with Crippen LogP contribution < -0.4 is 15.0 Å². The van der Waals surface area contributed by atoms with E-state index < -0.39 is 0 Å². The van der Waals surface area contributed by atoms with Crippen molar-refractivity contribution in [1.82, 2.24) is 20.0 Å². The van der Waals surface area contributed by atoms with Gasteiger partial charge in [-0.05, 0) is 24.6 Å². The lowest BCUT2D eigenvalue weighted by molar-refractivity contribution is -0.122. The number of hydrogen-bond donors (Lipinski definition) is 1. The lowest BCUT2D eigenvalue weighted by Crippen LogP contribution is -2.49. The number of aromatic nitrogens is 2. The van der Waals surface area contributed by atoms with Crippen LogP contribution in [0.2, 0.25) is 0 Å². The summed E-state index contributed by atoms with van der Waals surface area (Å²) >= 11 is 0. The average Bonchev–Trinajstić information content (AvgIpc) is 3.19. The third kappa shape index (κ3) is 4.98. The molecule has 1 saturated heterocycles. The molecule has 0 bridgehead atoms. The van der Waals surface area contributed by atoms with Crippen LogP contribution in [0.3, 0.4) is 0 Å². The first kappa shape index (κ1) is 18.3. The molecule has 1 aliphatic heterocycles. The van der Waals surface area contributed by atoms with Gasteiger partial charge in [-0.1, -0.05) is 12.1 Å². The van der Waals surface area contributed by atoms with Gasteiger partial charge in [-0.15, -0.1) is 0 Å². The van der Waals surface area contributed by atoms with Gasteiger partial charge in [0, 0.05) is 51.7 Å². The Morgan fingerprint density at radius 1 is 1.19 bits per heavy atom. The van der Waals surface area contributed by atoms with Crippen molar-refractivity contribution in [2.24, 2.45) is 0 Å². The van der Waals surface area contributed by atoms with Gasteiger partial charge in [0.05, 0.1) is 19.3 Å². The van der Waals surface area contributed by atoms with E-state index in [2.05, 4.69) is 26.3 Å². The Balaban J connectivity index is 1.36. The molecule has 0 spiro atoms. The Hall–Kier alpha value is -2.54. The molecule has 1 fully saturated rings. The molecule has 1 amide bonds. The van der Waals surface area contributed by atoms with E-state index in [9.17, 15) is 4.79 Å². The number of rotatable bonds is 8. The number of ether oxygens (including phenoxy) is 1. The molecule has 1 N–H and O–H groups in total. The molecule has 2 heterocycles. The summed E-state index contributed by atoms with van der Waals surface area (Å²) in [6, 6.07) is 9.98. The van der Waals surface area contributed by atoms with E-state index in [0.717, 1.165) is 50.6 Å². The highest BCUT2D eigenvalue weighted by Crippen LogP contribution is 2.28.